The van der Waals surface area contributed by atoms with E-state index in [1.165, 1.54) is 19.3 Å². The second-order valence-corrected chi connectivity index (χ2v) is 7.01. The van der Waals surface area contributed by atoms with Crippen molar-refractivity contribution in [3.63, 3.8) is 0 Å². The molecule has 0 bridgehead atoms. The van der Waals surface area contributed by atoms with Gasteiger partial charge in [0.1, 0.15) is 5.69 Å². The first-order valence-corrected chi connectivity index (χ1v) is 10.1. The maximum absolute atomic E-state index is 13.6. The number of anilines is 1. The zero-order chi connectivity index (χ0) is 21.8. The molecule has 0 amide bonds. The molecule has 0 aliphatic carbocycles. The first-order valence-electron chi connectivity index (χ1n) is 10.1. The number of rotatable bonds is 15. The van der Waals surface area contributed by atoms with Crippen LogP contribution in [0.5, 0.6) is 0 Å². The van der Waals surface area contributed by atoms with E-state index >= 15 is 0 Å². The summed E-state index contributed by atoms with van der Waals surface area (Å²) in [6.07, 6.45) is 8.30. The Morgan fingerprint density at radius 3 is 1.76 bits per heavy atom. The first-order chi connectivity index (χ1) is 13.8. The molecule has 0 radical (unpaired) electrons. The molecule has 0 saturated carbocycles. The van der Waals surface area contributed by atoms with Crippen molar-refractivity contribution >= 4 is 5.69 Å². The number of hydrogen-bond donors (Lipinski definition) is 3. The zero-order valence-corrected chi connectivity index (χ0v) is 16.6. The van der Waals surface area contributed by atoms with Crippen LogP contribution < -0.4 is 5.32 Å². The van der Waals surface area contributed by atoms with Gasteiger partial charge in [-0.3, -0.25) is 0 Å². The fourth-order valence-corrected chi connectivity index (χ4v) is 3.08. The number of aliphatic hydroxyl groups is 2. The van der Waals surface area contributed by atoms with Gasteiger partial charge < -0.3 is 20.3 Å². The minimum atomic E-state index is -2.20. The van der Waals surface area contributed by atoms with E-state index in [1.54, 1.807) is 0 Å². The molecular weight excluding hydrogens is 397 g/mol. The van der Waals surface area contributed by atoms with E-state index in [-0.39, 0.29) is 13.0 Å². The average molecular weight is 427 g/mol. The quantitative estimate of drug-likeness (QED) is 0.116. The summed E-state index contributed by atoms with van der Waals surface area (Å²) < 4.78 is 71.6. The van der Waals surface area contributed by atoms with Gasteiger partial charge in [-0.05, 0) is 19.3 Å². The molecule has 0 aromatic heterocycles. The number of hydrogen-bond acceptors (Lipinski definition) is 4. The highest BCUT2D eigenvalue weighted by molar-refractivity contribution is 5.47. The topological polar surface area (TPSA) is 61.7 Å². The fraction of sp³-hybridized carbons (Fsp3) is 0.700. The predicted octanol–water partition coefficient (Wildman–Crippen LogP) is 5.37. The predicted molar refractivity (Wildman–Crippen MR) is 99.7 cm³/mol. The van der Waals surface area contributed by atoms with Gasteiger partial charge in [0.15, 0.2) is 23.3 Å². The molecule has 1 rings (SSSR count). The van der Waals surface area contributed by atoms with E-state index in [0.717, 1.165) is 25.7 Å². The molecule has 0 spiro atoms. The Morgan fingerprint density at radius 1 is 0.724 bits per heavy atom. The van der Waals surface area contributed by atoms with Crippen LogP contribution in [0.15, 0.2) is 0 Å². The lowest BCUT2D eigenvalue weighted by Gasteiger charge is -2.19. The summed E-state index contributed by atoms with van der Waals surface area (Å²) >= 11 is 0. The van der Waals surface area contributed by atoms with Crippen molar-refractivity contribution in [2.45, 2.75) is 83.7 Å². The van der Waals surface area contributed by atoms with Gasteiger partial charge in [0.2, 0.25) is 5.82 Å². The van der Waals surface area contributed by atoms with Gasteiger partial charge in [-0.1, -0.05) is 51.9 Å². The Labute approximate surface area is 168 Å². The summed E-state index contributed by atoms with van der Waals surface area (Å²) in [4.78, 5) is 0. The lowest BCUT2D eigenvalue weighted by molar-refractivity contribution is -0.257. The third-order valence-electron chi connectivity index (χ3n) is 4.66. The van der Waals surface area contributed by atoms with Crippen molar-refractivity contribution in [3.8, 4) is 0 Å². The van der Waals surface area contributed by atoms with Crippen LogP contribution in [0.1, 0.15) is 71.1 Å². The SMILES string of the molecule is CCCCCCCCCC(CCCNc1c(F)c(F)c(F)c(F)c1F)OC(O)O. The van der Waals surface area contributed by atoms with E-state index in [2.05, 4.69) is 12.2 Å². The molecular formula is C20H30F5NO3. The summed E-state index contributed by atoms with van der Waals surface area (Å²) in [5.74, 6) is -10.0. The third kappa shape index (κ3) is 8.84. The Morgan fingerprint density at radius 2 is 1.21 bits per heavy atom. The zero-order valence-electron chi connectivity index (χ0n) is 16.6. The maximum atomic E-state index is 13.6. The molecule has 3 N–H and O–H groups in total. The normalized spacial score (nSPS) is 12.6. The Hall–Kier alpha value is -1.45. The average Bonchev–Trinajstić information content (AvgIpc) is 2.68. The lowest BCUT2D eigenvalue weighted by atomic mass is 10.0. The van der Waals surface area contributed by atoms with Gasteiger partial charge in [0.25, 0.3) is 6.48 Å². The van der Waals surface area contributed by atoms with Crippen LogP contribution in [0.4, 0.5) is 27.6 Å². The second kappa shape index (κ2) is 13.7. The van der Waals surface area contributed by atoms with E-state index in [1.807, 2.05) is 0 Å². The number of nitrogens with one attached hydrogen (secondary N) is 1. The lowest BCUT2D eigenvalue weighted by Crippen LogP contribution is -2.22. The summed E-state index contributed by atoms with van der Waals surface area (Å²) in [6, 6.07) is 0. The van der Waals surface area contributed by atoms with Crippen molar-refractivity contribution in [3.05, 3.63) is 29.1 Å². The van der Waals surface area contributed by atoms with Crippen molar-refractivity contribution in [1.82, 2.24) is 0 Å². The molecule has 0 fully saturated rings. The highest BCUT2D eigenvalue weighted by Crippen LogP contribution is 2.27. The number of unbranched alkanes of at least 4 members (excludes halogenated alkanes) is 6. The van der Waals surface area contributed by atoms with Crippen LogP contribution in [-0.4, -0.2) is 29.3 Å². The van der Waals surface area contributed by atoms with Gasteiger partial charge in [-0.2, -0.15) is 0 Å². The van der Waals surface area contributed by atoms with Crippen LogP contribution >= 0.6 is 0 Å². The maximum Gasteiger partial charge on any atom is 0.266 e. The Kier molecular flexibility index (Phi) is 12.1. The molecule has 0 aliphatic rings. The monoisotopic (exact) mass is 427 g/mol. The molecule has 1 unspecified atom stereocenters. The van der Waals surface area contributed by atoms with Gasteiger partial charge in [-0.25, -0.2) is 22.0 Å². The summed E-state index contributed by atoms with van der Waals surface area (Å²) in [5.41, 5.74) is -1.08. The second-order valence-electron chi connectivity index (χ2n) is 7.01. The smallest absolute Gasteiger partial charge is 0.266 e. The Balaban J connectivity index is 2.43. The molecule has 168 valence electrons. The van der Waals surface area contributed by atoms with Crippen molar-refractivity contribution in [2.24, 2.45) is 0 Å². The highest BCUT2D eigenvalue weighted by atomic mass is 19.2. The fourth-order valence-electron chi connectivity index (χ4n) is 3.08. The van der Waals surface area contributed by atoms with Crippen LogP contribution in [0.3, 0.4) is 0 Å². The number of aliphatic hydroxyl groups excluding tert-OH is 1. The van der Waals surface area contributed by atoms with E-state index in [9.17, 15) is 22.0 Å². The number of halogens is 5. The van der Waals surface area contributed by atoms with Gasteiger partial charge >= 0.3 is 0 Å². The standard InChI is InChI=1S/C20H30F5NO3/c1-2-3-4-5-6-7-8-10-13(29-20(27)28)11-9-12-26-19-17(24)15(22)14(21)16(23)18(19)25/h13,20,26-28H,2-12H2,1H3. The molecule has 0 heterocycles. The molecule has 29 heavy (non-hydrogen) atoms. The first kappa shape index (κ1) is 25.6. The highest BCUT2D eigenvalue weighted by Gasteiger charge is 2.25. The van der Waals surface area contributed by atoms with Crippen molar-refractivity contribution in [1.29, 1.82) is 0 Å². The van der Waals surface area contributed by atoms with Gasteiger partial charge in [-0.15, -0.1) is 0 Å². The van der Waals surface area contributed by atoms with Crippen molar-refractivity contribution < 1.29 is 36.9 Å². The number of benzene rings is 1. The minimum Gasteiger partial charge on any atom is -0.380 e. The summed E-state index contributed by atoms with van der Waals surface area (Å²) in [6.45, 7) is 0.132. The minimum absolute atomic E-state index is 0.0727. The van der Waals surface area contributed by atoms with E-state index in [0.29, 0.717) is 12.8 Å². The molecule has 1 atom stereocenters. The number of ether oxygens (including phenoxy) is 1. The van der Waals surface area contributed by atoms with E-state index < -0.39 is 47.4 Å². The molecule has 9 heteroatoms. The molecule has 0 aliphatic heterocycles. The largest absolute Gasteiger partial charge is 0.380 e. The summed E-state index contributed by atoms with van der Waals surface area (Å²) in [5, 5.41) is 20.3. The third-order valence-corrected chi connectivity index (χ3v) is 4.66. The van der Waals surface area contributed by atoms with Crippen LogP contribution in [-0.2, 0) is 4.74 Å². The van der Waals surface area contributed by atoms with Crippen LogP contribution in [0.25, 0.3) is 0 Å². The van der Waals surface area contributed by atoms with Crippen molar-refractivity contribution in [2.75, 3.05) is 11.9 Å². The Bertz CT molecular complexity index is 587. The van der Waals surface area contributed by atoms with Crippen LogP contribution in [0.2, 0.25) is 0 Å². The van der Waals surface area contributed by atoms with Crippen LogP contribution in [0, 0.1) is 29.1 Å². The van der Waals surface area contributed by atoms with E-state index in [4.69, 9.17) is 14.9 Å². The molecule has 0 saturated heterocycles. The van der Waals surface area contributed by atoms with Gasteiger partial charge in [0.05, 0.1) is 6.10 Å². The molecule has 1 aromatic rings. The van der Waals surface area contributed by atoms with Gasteiger partial charge in [0, 0.05) is 6.54 Å². The summed E-state index contributed by atoms with van der Waals surface area (Å²) in [7, 11) is 0. The molecule has 4 nitrogen and oxygen atoms in total. The molecule has 1 aromatic carbocycles.